The third kappa shape index (κ3) is 3.20. The van der Waals surface area contributed by atoms with Crippen molar-refractivity contribution in [2.75, 3.05) is 5.32 Å². The van der Waals surface area contributed by atoms with Crippen molar-refractivity contribution in [3.05, 3.63) is 39.1 Å². The van der Waals surface area contributed by atoms with E-state index in [-0.39, 0.29) is 9.81 Å². The second-order valence-corrected chi connectivity index (χ2v) is 4.40. The zero-order valence-corrected chi connectivity index (χ0v) is 10.5. The SMILES string of the molecule is N#CC(C(=O)Nc1ccccc1Cl)=C(S)S. The number of carbonyl (C=O) groups is 1. The minimum atomic E-state index is -0.587. The number of nitrogens with one attached hydrogen (secondary N) is 1. The molecule has 82 valence electrons. The van der Waals surface area contributed by atoms with Gasteiger partial charge in [0.15, 0.2) is 0 Å². The molecule has 0 aliphatic heterocycles. The molecule has 0 spiro atoms. The van der Waals surface area contributed by atoms with Gasteiger partial charge in [0, 0.05) is 0 Å². The van der Waals surface area contributed by atoms with E-state index in [0.29, 0.717) is 10.7 Å². The zero-order chi connectivity index (χ0) is 12.1. The number of benzene rings is 1. The van der Waals surface area contributed by atoms with E-state index >= 15 is 0 Å². The number of hydrogen-bond acceptors (Lipinski definition) is 4. The van der Waals surface area contributed by atoms with Gasteiger partial charge >= 0.3 is 0 Å². The molecule has 1 rings (SSSR count). The Bertz CT molecular complexity index is 490. The Labute approximate surface area is 109 Å². The molecular weight excluding hydrogens is 264 g/mol. The van der Waals surface area contributed by atoms with Crippen LogP contribution in [0.25, 0.3) is 0 Å². The minimum Gasteiger partial charge on any atom is -0.320 e. The van der Waals surface area contributed by atoms with Gasteiger partial charge in [-0.1, -0.05) is 23.7 Å². The molecule has 0 saturated carbocycles. The van der Waals surface area contributed by atoms with Crippen molar-refractivity contribution in [1.82, 2.24) is 0 Å². The van der Waals surface area contributed by atoms with Crippen LogP contribution >= 0.6 is 36.9 Å². The first-order valence-electron chi connectivity index (χ1n) is 4.14. The van der Waals surface area contributed by atoms with Gasteiger partial charge in [0.05, 0.1) is 14.9 Å². The molecule has 6 heteroatoms. The summed E-state index contributed by atoms with van der Waals surface area (Å²) in [6, 6.07) is 8.44. The normalized spacial score (nSPS) is 9.12. The number of nitriles is 1. The fourth-order valence-electron chi connectivity index (χ4n) is 0.950. The average Bonchev–Trinajstić information content (AvgIpc) is 2.22. The van der Waals surface area contributed by atoms with E-state index in [0.717, 1.165) is 0 Å². The molecule has 1 aromatic rings. The summed E-state index contributed by atoms with van der Waals surface area (Å²) in [6.07, 6.45) is 0. The van der Waals surface area contributed by atoms with Crippen LogP contribution in [0.2, 0.25) is 5.02 Å². The van der Waals surface area contributed by atoms with Crippen LogP contribution in [0, 0.1) is 11.3 Å². The lowest BCUT2D eigenvalue weighted by atomic mass is 10.2. The monoisotopic (exact) mass is 270 g/mol. The van der Waals surface area contributed by atoms with E-state index < -0.39 is 5.91 Å². The number of para-hydroxylation sites is 1. The first kappa shape index (κ1) is 13.0. The van der Waals surface area contributed by atoms with Crippen LogP contribution < -0.4 is 5.32 Å². The summed E-state index contributed by atoms with van der Waals surface area (Å²) < 4.78 is 0.0621. The van der Waals surface area contributed by atoms with Gasteiger partial charge in [-0.2, -0.15) is 5.26 Å². The smallest absolute Gasteiger partial charge is 0.268 e. The average molecular weight is 271 g/mol. The second kappa shape index (κ2) is 5.85. The van der Waals surface area contributed by atoms with Crippen LogP contribution in [0.3, 0.4) is 0 Å². The van der Waals surface area contributed by atoms with E-state index in [4.69, 9.17) is 16.9 Å². The lowest BCUT2D eigenvalue weighted by molar-refractivity contribution is -0.112. The number of hydrogen-bond donors (Lipinski definition) is 3. The summed E-state index contributed by atoms with van der Waals surface area (Å²) in [7, 11) is 0. The Morgan fingerprint density at radius 3 is 2.50 bits per heavy atom. The fourth-order valence-corrected chi connectivity index (χ4v) is 1.44. The van der Waals surface area contributed by atoms with Crippen molar-refractivity contribution in [1.29, 1.82) is 5.26 Å². The number of halogens is 1. The van der Waals surface area contributed by atoms with Gasteiger partial charge in [-0.3, -0.25) is 4.79 Å². The Kier molecular flexibility index (Phi) is 4.74. The predicted octanol–water partition coefficient (Wildman–Crippen LogP) is 2.87. The Morgan fingerprint density at radius 1 is 1.38 bits per heavy atom. The topological polar surface area (TPSA) is 52.9 Å². The summed E-state index contributed by atoms with van der Waals surface area (Å²) in [5, 5.41) is 11.6. The summed E-state index contributed by atoms with van der Waals surface area (Å²) >= 11 is 13.5. The molecule has 0 fully saturated rings. The van der Waals surface area contributed by atoms with Gasteiger partial charge in [0.2, 0.25) is 0 Å². The summed E-state index contributed by atoms with van der Waals surface area (Å²) in [5.74, 6) is -0.587. The summed E-state index contributed by atoms with van der Waals surface area (Å²) in [4.78, 5) is 11.6. The van der Waals surface area contributed by atoms with Gasteiger partial charge in [-0.25, -0.2) is 0 Å². The van der Waals surface area contributed by atoms with Crippen molar-refractivity contribution >= 4 is 48.5 Å². The lowest BCUT2D eigenvalue weighted by Gasteiger charge is -2.06. The van der Waals surface area contributed by atoms with Crippen LogP contribution in [0.5, 0.6) is 0 Å². The first-order chi connectivity index (χ1) is 7.56. The molecule has 1 amide bonds. The molecule has 16 heavy (non-hydrogen) atoms. The Balaban J connectivity index is 2.93. The molecule has 1 N–H and O–H groups in total. The molecule has 0 aliphatic carbocycles. The first-order valence-corrected chi connectivity index (χ1v) is 5.41. The van der Waals surface area contributed by atoms with Gasteiger partial charge in [-0.15, -0.1) is 25.3 Å². The quantitative estimate of drug-likeness (QED) is 0.440. The highest BCUT2D eigenvalue weighted by molar-refractivity contribution is 8.05. The number of thiol groups is 2. The van der Waals surface area contributed by atoms with Crippen molar-refractivity contribution in [3.8, 4) is 6.07 Å². The summed E-state index contributed by atoms with van der Waals surface area (Å²) in [5.41, 5.74) is 0.274. The third-order valence-corrected chi connectivity index (χ3v) is 2.46. The van der Waals surface area contributed by atoms with E-state index in [2.05, 4.69) is 30.6 Å². The molecule has 0 atom stereocenters. The van der Waals surface area contributed by atoms with Crippen molar-refractivity contribution in [2.24, 2.45) is 0 Å². The molecule has 0 aliphatic rings. The number of anilines is 1. The van der Waals surface area contributed by atoms with E-state index in [9.17, 15) is 4.79 Å². The van der Waals surface area contributed by atoms with E-state index in [1.165, 1.54) is 0 Å². The zero-order valence-electron chi connectivity index (χ0n) is 7.94. The van der Waals surface area contributed by atoms with Gasteiger partial charge in [0.1, 0.15) is 11.6 Å². The minimum absolute atomic E-state index is 0.0621. The van der Waals surface area contributed by atoms with E-state index in [1.54, 1.807) is 30.3 Å². The Hall–Kier alpha value is -1.09. The highest BCUT2D eigenvalue weighted by Crippen LogP contribution is 2.22. The van der Waals surface area contributed by atoms with Crippen molar-refractivity contribution < 1.29 is 4.79 Å². The molecule has 1 aromatic carbocycles. The van der Waals surface area contributed by atoms with Crippen LogP contribution in [0.15, 0.2) is 34.1 Å². The molecule has 0 saturated heterocycles. The molecule has 0 aromatic heterocycles. The summed E-state index contributed by atoms with van der Waals surface area (Å²) in [6.45, 7) is 0. The molecule has 3 nitrogen and oxygen atoms in total. The van der Waals surface area contributed by atoms with E-state index in [1.807, 2.05) is 0 Å². The highest BCUT2D eigenvalue weighted by Gasteiger charge is 2.12. The maximum absolute atomic E-state index is 11.6. The molecule has 0 heterocycles. The molecule has 0 radical (unpaired) electrons. The fraction of sp³-hybridized carbons (Fsp3) is 0. The van der Waals surface area contributed by atoms with Crippen LogP contribution in [0.4, 0.5) is 5.69 Å². The molecule has 0 unspecified atom stereocenters. The number of amides is 1. The number of rotatable bonds is 2. The van der Waals surface area contributed by atoms with Crippen molar-refractivity contribution in [2.45, 2.75) is 0 Å². The number of nitrogens with zero attached hydrogens (tertiary/aromatic N) is 1. The second-order valence-electron chi connectivity index (χ2n) is 2.74. The van der Waals surface area contributed by atoms with Crippen LogP contribution in [0.1, 0.15) is 0 Å². The molecular formula is C10H7ClN2OS2. The maximum atomic E-state index is 11.6. The van der Waals surface area contributed by atoms with Crippen LogP contribution in [-0.2, 0) is 4.79 Å². The van der Waals surface area contributed by atoms with Gasteiger partial charge in [0.25, 0.3) is 5.91 Å². The van der Waals surface area contributed by atoms with Crippen molar-refractivity contribution in [3.63, 3.8) is 0 Å². The lowest BCUT2D eigenvalue weighted by Crippen LogP contribution is -2.14. The van der Waals surface area contributed by atoms with Gasteiger partial charge in [-0.05, 0) is 12.1 Å². The Morgan fingerprint density at radius 2 is 2.00 bits per heavy atom. The highest BCUT2D eigenvalue weighted by atomic mass is 35.5. The van der Waals surface area contributed by atoms with Gasteiger partial charge < -0.3 is 5.32 Å². The largest absolute Gasteiger partial charge is 0.320 e. The molecule has 0 bridgehead atoms. The standard InChI is InChI=1S/C10H7ClN2OS2/c11-7-3-1-2-4-8(7)13-9(14)6(5-12)10(15)16/h1-4,15-16H,(H,13,14). The van der Waals surface area contributed by atoms with Crippen LogP contribution in [-0.4, -0.2) is 5.91 Å². The predicted molar refractivity (Wildman–Crippen MR) is 70.7 cm³/mol. The maximum Gasteiger partial charge on any atom is 0.268 e. The third-order valence-electron chi connectivity index (χ3n) is 1.68. The number of carbonyl (C=O) groups excluding carboxylic acids is 1.